The molecule has 156 valence electrons. The van der Waals surface area contributed by atoms with Crippen LogP contribution in [-0.2, 0) is 11.2 Å². The van der Waals surface area contributed by atoms with Crippen molar-refractivity contribution >= 4 is 11.8 Å². The van der Waals surface area contributed by atoms with E-state index in [1.807, 2.05) is 0 Å². The Kier molecular flexibility index (Phi) is 7.82. The number of benzene rings is 2. The van der Waals surface area contributed by atoms with Gasteiger partial charge >= 0.3 is 0 Å². The number of ether oxygens (including phenoxy) is 3. The summed E-state index contributed by atoms with van der Waals surface area (Å²) in [5.74, 6) is -0.0285. The van der Waals surface area contributed by atoms with Gasteiger partial charge in [0.25, 0.3) is 5.91 Å². The van der Waals surface area contributed by atoms with E-state index in [0.717, 1.165) is 5.56 Å². The molecule has 29 heavy (non-hydrogen) atoms. The lowest BCUT2D eigenvalue weighted by molar-refractivity contribution is -0.122. The van der Waals surface area contributed by atoms with E-state index in [-0.39, 0.29) is 17.3 Å². The number of methoxy groups -OCH3 is 3. The van der Waals surface area contributed by atoms with Gasteiger partial charge in [-0.2, -0.15) is 0 Å². The third-order valence-corrected chi connectivity index (χ3v) is 4.29. The zero-order valence-corrected chi connectivity index (χ0v) is 16.9. The Morgan fingerprint density at radius 3 is 2.10 bits per heavy atom. The molecule has 2 aromatic carbocycles. The number of halogens is 1. The molecule has 0 aliphatic heterocycles. The highest BCUT2D eigenvalue weighted by Gasteiger charge is 2.20. The standard InChI is InChI=1S/C21H25FN2O5/c1-13(20(25)23-10-9-14-5-7-16(22)8-6-14)24-21(26)15-11-17(27-2)19(29-4)18(12-15)28-3/h5-8,11-13H,9-10H2,1-4H3,(H,23,25)(H,24,26)/t13-/m0/s1. The first-order valence-electron chi connectivity index (χ1n) is 9.02. The topological polar surface area (TPSA) is 85.9 Å². The van der Waals surface area contributed by atoms with Crippen molar-refractivity contribution in [1.82, 2.24) is 10.6 Å². The lowest BCUT2D eigenvalue weighted by atomic mass is 10.1. The van der Waals surface area contributed by atoms with Gasteiger partial charge in [0.05, 0.1) is 21.3 Å². The van der Waals surface area contributed by atoms with E-state index in [1.54, 1.807) is 19.1 Å². The molecule has 1 atom stereocenters. The molecule has 2 aromatic rings. The lowest BCUT2D eigenvalue weighted by Crippen LogP contribution is -2.45. The van der Waals surface area contributed by atoms with E-state index in [2.05, 4.69) is 10.6 Å². The van der Waals surface area contributed by atoms with Crippen molar-refractivity contribution in [2.75, 3.05) is 27.9 Å². The summed E-state index contributed by atoms with van der Waals surface area (Å²) in [5, 5.41) is 5.39. The normalized spacial score (nSPS) is 11.3. The molecular formula is C21H25FN2O5. The Balaban J connectivity index is 1.95. The fourth-order valence-corrected chi connectivity index (χ4v) is 2.69. The van der Waals surface area contributed by atoms with Crippen molar-refractivity contribution in [3.8, 4) is 17.2 Å². The molecule has 0 saturated carbocycles. The van der Waals surface area contributed by atoms with Crippen molar-refractivity contribution in [3.63, 3.8) is 0 Å². The summed E-state index contributed by atoms with van der Waals surface area (Å²) >= 11 is 0. The third kappa shape index (κ3) is 5.84. The highest BCUT2D eigenvalue weighted by Crippen LogP contribution is 2.38. The predicted octanol–water partition coefficient (Wildman–Crippen LogP) is 2.33. The van der Waals surface area contributed by atoms with Crippen LogP contribution in [0.2, 0.25) is 0 Å². The maximum atomic E-state index is 12.9. The second-order valence-corrected chi connectivity index (χ2v) is 6.28. The van der Waals surface area contributed by atoms with Crippen LogP contribution in [0.4, 0.5) is 4.39 Å². The summed E-state index contributed by atoms with van der Waals surface area (Å²) in [5.41, 5.74) is 1.17. The number of hydrogen-bond donors (Lipinski definition) is 2. The molecule has 0 fully saturated rings. The lowest BCUT2D eigenvalue weighted by Gasteiger charge is -2.16. The summed E-state index contributed by atoms with van der Waals surface area (Å²) in [6, 6.07) is 8.34. The van der Waals surface area contributed by atoms with Crippen LogP contribution < -0.4 is 24.8 Å². The van der Waals surface area contributed by atoms with Gasteiger partial charge in [-0.05, 0) is 43.2 Å². The summed E-state index contributed by atoms with van der Waals surface area (Å²) in [4.78, 5) is 24.8. The Morgan fingerprint density at radius 2 is 1.59 bits per heavy atom. The number of hydrogen-bond acceptors (Lipinski definition) is 5. The Labute approximate surface area is 169 Å². The third-order valence-electron chi connectivity index (χ3n) is 4.29. The minimum Gasteiger partial charge on any atom is -0.493 e. The summed E-state index contributed by atoms with van der Waals surface area (Å²) in [6.07, 6.45) is 0.555. The fraction of sp³-hybridized carbons (Fsp3) is 0.333. The van der Waals surface area contributed by atoms with Crippen LogP contribution in [0.15, 0.2) is 36.4 Å². The number of amides is 2. The van der Waals surface area contributed by atoms with Gasteiger partial charge in [0, 0.05) is 12.1 Å². The first-order chi connectivity index (χ1) is 13.9. The van der Waals surface area contributed by atoms with Crippen LogP contribution in [0.5, 0.6) is 17.2 Å². The average molecular weight is 404 g/mol. The molecule has 0 saturated heterocycles. The van der Waals surface area contributed by atoms with E-state index >= 15 is 0 Å². The van der Waals surface area contributed by atoms with Gasteiger partial charge in [0.2, 0.25) is 11.7 Å². The van der Waals surface area contributed by atoms with Gasteiger partial charge in [0.1, 0.15) is 11.9 Å². The molecule has 0 heterocycles. The van der Waals surface area contributed by atoms with Crippen LogP contribution in [-0.4, -0.2) is 45.7 Å². The Hall–Kier alpha value is -3.29. The van der Waals surface area contributed by atoms with E-state index < -0.39 is 11.9 Å². The zero-order chi connectivity index (χ0) is 21.4. The largest absolute Gasteiger partial charge is 0.493 e. The van der Waals surface area contributed by atoms with E-state index in [1.165, 1.54) is 45.6 Å². The summed E-state index contributed by atoms with van der Waals surface area (Å²) in [6.45, 7) is 1.96. The van der Waals surface area contributed by atoms with Crippen LogP contribution in [0.1, 0.15) is 22.8 Å². The van der Waals surface area contributed by atoms with Crippen LogP contribution in [0.3, 0.4) is 0 Å². The molecule has 0 aromatic heterocycles. The molecule has 0 bridgehead atoms. The van der Waals surface area contributed by atoms with Crippen molar-refractivity contribution in [2.24, 2.45) is 0 Å². The molecule has 0 aliphatic rings. The van der Waals surface area contributed by atoms with Crippen LogP contribution in [0.25, 0.3) is 0 Å². The van der Waals surface area contributed by atoms with Crippen LogP contribution in [0, 0.1) is 5.82 Å². The second-order valence-electron chi connectivity index (χ2n) is 6.28. The minimum absolute atomic E-state index is 0.269. The van der Waals surface area contributed by atoms with Crippen molar-refractivity contribution in [2.45, 2.75) is 19.4 Å². The summed E-state index contributed by atoms with van der Waals surface area (Å²) < 4.78 is 28.6. The van der Waals surface area contributed by atoms with Gasteiger partial charge in [-0.15, -0.1) is 0 Å². The smallest absolute Gasteiger partial charge is 0.252 e. The van der Waals surface area contributed by atoms with Crippen molar-refractivity contribution in [1.29, 1.82) is 0 Å². The van der Waals surface area contributed by atoms with Gasteiger partial charge in [-0.25, -0.2) is 4.39 Å². The molecular weight excluding hydrogens is 379 g/mol. The average Bonchev–Trinajstić information content (AvgIpc) is 2.73. The van der Waals surface area contributed by atoms with E-state index in [0.29, 0.717) is 30.2 Å². The quantitative estimate of drug-likeness (QED) is 0.670. The molecule has 2 rings (SSSR count). The number of carbonyl (C=O) groups is 2. The van der Waals surface area contributed by atoms with Gasteiger partial charge in [0.15, 0.2) is 11.5 Å². The molecule has 8 heteroatoms. The molecule has 2 amide bonds. The van der Waals surface area contributed by atoms with E-state index in [9.17, 15) is 14.0 Å². The summed E-state index contributed by atoms with van der Waals surface area (Å²) in [7, 11) is 4.38. The van der Waals surface area contributed by atoms with Gasteiger partial charge in [-0.3, -0.25) is 9.59 Å². The molecule has 0 aliphatic carbocycles. The molecule has 2 N–H and O–H groups in total. The van der Waals surface area contributed by atoms with E-state index in [4.69, 9.17) is 14.2 Å². The molecule has 0 radical (unpaired) electrons. The molecule has 0 unspecified atom stereocenters. The molecule has 0 spiro atoms. The first kappa shape index (κ1) is 22.0. The number of rotatable bonds is 9. The Morgan fingerprint density at radius 1 is 1.00 bits per heavy atom. The number of carbonyl (C=O) groups excluding carboxylic acids is 2. The number of nitrogens with one attached hydrogen (secondary N) is 2. The van der Waals surface area contributed by atoms with Gasteiger partial charge in [-0.1, -0.05) is 12.1 Å². The predicted molar refractivity (Wildman–Crippen MR) is 106 cm³/mol. The second kappa shape index (κ2) is 10.3. The zero-order valence-electron chi connectivity index (χ0n) is 16.9. The highest BCUT2D eigenvalue weighted by molar-refractivity contribution is 5.98. The van der Waals surface area contributed by atoms with Gasteiger partial charge < -0.3 is 24.8 Å². The monoisotopic (exact) mass is 404 g/mol. The maximum absolute atomic E-state index is 12.9. The SMILES string of the molecule is COc1cc(C(=O)N[C@@H](C)C(=O)NCCc2ccc(F)cc2)cc(OC)c1OC. The Bertz CT molecular complexity index is 830. The van der Waals surface area contributed by atoms with Crippen molar-refractivity contribution < 1.29 is 28.2 Å². The fourth-order valence-electron chi connectivity index (χ4n) is 2.69. The first-order valence-corrected chi connectivity index (χ1v) is 9.02. The van der Waals surface area contributed by atoms with Crippen LogP contribution >= 0.6 is 0 Å². The minimum atomic E-state index is -0.755. The highest BCUT2D eigenvalue weighted by atomic mass is 19.1. The van der Waals surface area contributed by atoms with Crippen molar-refractivity contribution in [3.05, 3.63) is 53.3 Å². The molecule has 7 nitrogen and oxygen atoms in total. The maximum Gasteiger partial charge on any atom is 0.252 e.